The zero-order chi connectivity index (χ0) is 10.1. The largest absolute Gasteiger partial charge is 0.481 e. The number of carbonyl (C=O) groups is 1. The number of hydrogen-bond donors (Lipinski definition) is 1. The van der Waals surface area contributed by atoms with Crippen LogP contribution in [0, 0.1) is 17.3 Å². The summed E-state index contributed by atoms with van der Waals surface area (Å²) in [5.74, 6) is -0.0233. The Bertz CT molecular complexity index is 191. The molecule has 1 saturated carbocycles. The van der Waals surface area contributed by atoms with Crippen LogP contribution < -0.4 is 0 Å². The van der Waals surface area contributed by atoms with E-state index in [1.165, 1.54) is 0 Å². The highest BCUT2D eigenvalue weighted by atomic mass is 16.4. The maximum absolute atomic E-state index is 10.7. The monoisotopic (exact) mass is 184 g/mol. The maximum atomic E-state index is 10.7. The van der Waals surface area contributed by atoms with Gasteiger partial charge in [-0.2, -0.15) is 0 Å². The van der Waals surface area contributed by atoms with E-state index in [0.717, 1.165) is 25.7 Å². The van der Waals surface area contributed by atoms with E-state index in [1.54, 1.807) is 0 Å². The summed E-state index contributed by atoms with van der Waals surface area (Å²) in [4.78, 5) is 10.7. The first-order chi connectivity index (χ1) is 5.88. The van der Waals surface area contributed by atoms with Gasteiger partial charge in [0, 0.05) is 0 Å². The molecule has 0 heterocycles. The van der Waals surface area contributed by atoms with Crippen molar-refractivity contribution < 1.29 is 9.90 Å². The number of rotatable bonds is 2. The molecule has 1 N–H and O–H groups in total. The highest BCUT2D eigenvalue weighted by Crippen LogP contribution is 2.38. The van der Waals surface area contributed by atoms with Gasteiger partial charge in [0.2, 0.25) is 0 Å². The molecule has 0 aliphatic heterocycles. The zero-order valence-corrected chi connectivity index (χ0v) is 8.84. The Morgan fingerprint density at radius 1 is 1.38 bits per heavy atom. The van der Waals surface area contributed by atoms with E-state index >= 15 is 0 Å². The van der Waals surface area contributed by atoms with Gasteiger partial charge in [-0.1, -0.05) is 20.8 Å². The number of aliphatic carboxylic acids is 1. The molecule has 2 atom stereocenters. The summed E-state index contributed by atoms with van der Waals surface area (Å²) in [6.07, 6.45) is 4.05. The summed E-state index contributed by atoms with van der Waals surface area (Å²) < 4.78 is 0. The molecule has 0 spiro atoms. The Morgan fingerprint density at radius 3 is 2.38 bits per heavy atom. The third-order valence-corrected chi connectivity index (χ3v) is 2.79. The lowest BCUT2D eigenvalue weighted by molar-refractivity contribution is -0.141. The number of hydrogen-bond acceptors (Lipinski definition) is 1. The molecule has 2 nitrogen and oxygen atoms in total. The van der Waals surface area contributed by atoms with Gasteiger partial charge in [0.05, 0.1) is 5.92 Å². The van der Waals surface area contributed by atoms with Crippen LogP contribution in [-0.2, 0) is 4.79 Å². The minimum Gasteiger partial charge on any atom is -0.481 e. The van der Waals surface area contributed by atoms with Crippen molar-refractivity contribution in [2.24, 2.45) is 17.3 Å². The van der Waals surface area contributed by atoms with Crippen LogP contribution in [0.4, 0.5) is 0 Å². The second-order valence-corrected chi connectivity index (χ2v) is 5.48. The fourth-order valence-electron chi connectivity index (χ4n) is 2.35. The van der Waals surface area contributed by atoms with Crippen molar-refractivity contribution >= 4 is 5.97 Å². The predicted octanol–water partition coefficient (Wildman–Crippen LogP) is 2.92. The first kappa shape index (κ1) is 10.6. The Balaban J connectivity index is 2.38. The lowest BCUT2D eigenvalue weighted by Crippen LogP contribution is -2.13. The third-order valence-electron chi connectivity index (χ3n) is 2.79. The molecule has 0 bridgehead atoms. The molecule has 1 rings (SSSR count). The van der Waals surface area contributed by atoms with Gasteiger partial charge in [-0.3, -0.25) is 4.79 Å². The van der Waals surface area contributed by atoms with Crippen LogP contribution in [0.5, 0.6) is 0 Å². The molecule has 0 radical (unpaired) electrons. The number of carboxylic acids is 1. The van der Waals surface area contributed by atoms with E-state index < -0.39 is 5.97 Å². The minimum absolute atomic E-state index is 0.0626. The first-order valence-corrected chi connectivity index (χ1v) is 5.11. The van der Waals surface area contributed by atoms with Crippen molar-refractivity contribution in [3.63, 3.8) is 0 Å². The lowest BCUT2D eigenvalue weighted by atomic mass is 9.83. The minimum atomic E-state index is -0.601. The van der Waals surface area contributed by atoms with Gasteiger partial charge in [-0.05, 0) is 37.0 Å². The van der Waals surface area contributed by atoms with Gasteiger partial charge < -0.3 is 5.11 Å². The quantitative estimate of drug-likeness (QED) is 0.716. The molecule has 2 unspecified atom stereocenters. The van der Waals surface area contributed by atoms with Crippen LogP contribution in [0.1, 0.15) is 46.5 Å². The van der Waals surface area contributed by atoms with Crippen molar-refractivity contribution in [3.8, 4) is 0 Å². The van der Waals surface area contributed by atoms with Crippen molar-refractivity contribution in [3.05, 3.63) is 0 Å². The Hall–Kier alpha value is -0.530. The smallest absolute Gasteiger partial charge is 0.306 e. The van der Waals surface area contributed by atoms with E-state index in [0.29, 0.717) is 11.3 Å². The molecule has 13 heavy (non-hydrogen) atoms. The molecule has 1 aliphatic carbocycles. The molecule has 0 amide bonds. The zero-order valence-electron chi connectivity index (χ0n) is 8.84. The SMILES string of the molecule is CC(C)(C)CC1CCC(C(=O)O)C1. The van der Waals surface area contributed by atoms with Crippen LogP contribution >= 0.6 is 0 Å². The van der Waals surface area contributed by atoms with E-state index in [9.17, 15) is 4.79 Å². The fourth-order valence-corrected chi connectivity index (χ4v) is 2.35. The Morgan fingerprint density at radius 2 is 2.00 bits per heavy atom. The first-order valence-electron chi connectivity index (χ1n) is 5.11. The molecule has 1 aliphatic rings. The molecule has 0 saturated heterocycles. The van der Waals surface area contributed by atoms with Gasteiger partial charge in [0.15, 0.2) is 0 Å². The lowest BCUT2D eigenvalue weighted by Gasteiger charge is -2.22. The van der Waals surface area contributed by atoms with Crippen LogP contribution in [-0.4, -0.2) is 11.1 Å². The Kier molecular flexibility index (Phi) is 2.99. The van der Waals surface area contributed by atoms with E-state index in [1.807, 2.05) is 0 Å². The second kappa shape index (κ2) is 3.69. The summed E-state index contributed by atoms with van der Waals surface area (Å²) in [5.41, 5.74) is 0.345. The molecule has 2 heteroatoms. The van der Waals surface area contributed by atoms with Gasteiger partial charge >= 0.3 is 5.97 Å². The van der Waals surface area contributed by atoms with Crippen molar-refractivity contribution in [2.75, 3.05) is 0 Å². The van der Waals surface area contributed by atoms with Crippen molar-refractivity contribution in [1.29, 1.82) is 0 Å². The predicted molar refractivity (Wildman–Crippen MR) is 52.5 cm³/mol. The van der Waals surface area contributed by atoms with Gasteiger partial charge in [-0.25, -0.2) is 0 Å². The van der Waals surface area contributed by atoms with Crippen LogP contribution in [0.2, 0.25) is 0 Å². The third kappa shape index (κ3) is 3.37. The van der Waals surface area contributed by atoms with Gasteiger partial charge in [-0.15, -0.1) is 0 Å². The van der Waals surface area contributed by atoms with E-state index in [4.69, 9.17) is 5.11 Å². The summed E-state index contributed by atoms with van der Waals surface area (Å²) >= 11 is 0. The topological polar surface area (TPSA) is 37.3 Å². The Labute approximate surface area is 80.3 Å². The number of carboxylic acid groups (broad SMARTS) is 1. The summed E-state index contributed by atoms with van der Waals surface area (Å²) in [6.45, 7) is 6.67. The molecule has 0 aromatic rings. The van der Waals surface area contributed by atoms with Gasteiger partial charge in [0.25, 0.3) is 0 Å². The average Bonchev–Trinajstić information content (AvgIpc) is 2.31. The van der Waals surface area contributed by atoms with E-state index in [2.05, 4.69) is 20.8 Å². The average molecular weight is 184 g/mol. The van der Waals surface area contributed by atoms with Crippen LogP contribution in [0.15, 0.2) is 0 Å². The van der Waals surface area contributed by atoms with E-state index in [-0.39, 0.29) is 5.92 Å². The highest BCUT2D eigenvalue weighted by molar-refractivity contribution is 5.70. The molecule has 0 aromatic carbocycles. The maximum Gasteiger partial charge on any atom is 0.306 e. The molecular weight excluding hydrogens is 164 g/mol. The summed E-state index contributed by atoms with van der Waals surface area (Å²) in [7, 11) is 0. The summed E-state index contributed by atoms with van der Waals surface area (Å²) in [6, 6.07) is 0. The second-order valence-electron chi connectivity index (χ2n) is 5.48. The van der Waals surface area contributed by atoms with Crippen molar-refractivity contribution in [2.45, 2.75) is 46.5 Å². The molecular formula is C11H20O2. The van der Waals surface area contributed by atoms with Gasteiger partial charge in [0.1, 0.15) is 0 Å². The standard InChI is InChI=1S/C11H20O2/c1-11(2,3)7-8-4-5-9(6-8)10(12)13/h8-9H,4-7H2,1-3H3,(H,12,13). The highest BCUT2D eigenvalue weighted by Gasteiger charge is 2.31. The van der Waals surface area contributed by atoms with Crippen LogP contribution in [0.3, 0.4) is 0 Å². The summed E-state index contributed by atoms with van der Waals surface area (Å²) in [5, 5.41) is 8.83. The molecule has 1 fully saturated rings. The van der Waals surface area contributed by atoms with Crippen LogP contribution in [0.25, 0.3) is 0 Å². The van der Waals surface area contributed by atoms with Crippen molar-refractivity contribution in [1.82, 2.24) is 0 Å². The fraction of sp³-hybridized carbons (Fsp3) is 0.909. The normalized spacial score (nSPS) is 29.2. The molecule has 76 valence electrons. The molecule has 0 aromatic heterocycles.